The highest BCUT2D eigenvalue weighted by Gasteiger charge is 2.21. The van der Waals surface area contributed by atoms with Crippen molar-refractivity contribution in [3.8, 4) is 0 Å². The van der Waals surface area contributed by atoms with Gasteiger partial charge in [-0.15, -0.1) is 0 Å². The summed E-state index contributed by atoms with van der Waals surface area (Å²) < 4.78 is 4.90. The maximum atomic E-state index is 11.8. The van der Waals surface area contributed by atoms with E-state index in [1.165, 1.54) is 0 Å². The SMILES string of the molecule is CCN(C)C(=O)C(C)NC(C)C(=O)NCCCOC. The van der Waals surface area contributed by atoms with E-state index < -0.39 is 6.04 Å². The van der Waals surface area contributed by atoms with Crippen LogP contribution in [0.1, 0.15) is 27.2 Å². The second-order valence-corrected chi connectivity index (χ2v) is 4.60. The molecular formula is C13H27N3O3. The van der Waals surface area contributed by atoms with Gasteiger partial charge in [0.2, 0.25) is 11.8 Å². The van der Waals surface area contributed by atoms with Crippen molar-refractivity contribution in [2.75, 3.05) is 33.9 Å². The molecule has 19 heavy (non-hydrogen) atoms. The highest BCUT2D eigenvalue weighted by molar-refractivity contribution is 5.84. The van der Waals surface area contributed by atoms with Gasteiger partial charge in [0.1, 0.15) is 0 Å². The van der Waals surface area contributed by atoms with Crippen molar-refractivity contribution in [1.82, 2.24) is 15.5 Å². The van der Waals surface area contributed by atoms with Crippen molar-refractivity contribution in [2.45, 2.75) is 39.3 Å². The van der Waals surface area contributed by atoms with Gasteiger partial charge in [0, 0.05) is 33.9 Å². The first-order chi connectivity index (χ1) is 8.93. The topological polar surface area (TPSA) is 70.7 Å². The van der Waals surface area contributed by atoms with Crippen LogP contribution in [0, 0.1) is 0 Å². The van der Waals surface area contributed by atoms with Crippen LogP contribution in [0.15, 0.2) is 0 Å². The maximum absolute atomic E-state index is 11.8. The van der Waals surface area contributed by atoms with E-state index in [2.05, 4.69) is 10.6 Å². The molecule has 0 aliphatic heterocycles. The lowest BCUT2D eigenvalue weighted by Gasteiger charge is -2.23. The Morgan fingerprint density at radius 3 is 2.42 bits per heavy atom. The third-order valence-electron chi connectivity index (χ3n) is 2.94. The third kappa shape index (κ3) is 7.12. The second-order valence-electron chi connectivity index (χ2n) is 4.60. The molecule has 0 radical (unpaired) electrons. The Balaban J connectivity index is 4.03. The van der Waals surface area contributed by atoms with E-state index in [9.17, 15) is 9.59 Å². The van der Waals surface area contributed by atoms with Crippen LogP contribution in [-0.4, -0.2) is 62.7 Å². The number of ether oxygens (including phenoxy) is 1. The van der Waals surface area contributed by atoms with Crippen LogP contribution >= 0.6 is 0 Å². The second kappa shape index (κ2) is 9.75. The lowest BCUT2D eigenvalue weighted by molar-refractivity contribution is -0.132. The number of methoxy groups -OCH3 is 1. The van der Waals surface area contributed by atoms with Gasteiger partial charge < -0.3 is 15.0 Å². The molecule has 2 unspecified atom stereocenters. The first-order valence-corrected chi connectivity index (χ1v) is 6.71. The van der Waals surface area contributed by atoms with Gasteiger partial charge in [-0.2, -0.15) is 0 Å². The minimum Gasteiger partial charge on any atom is -0.385 e. The Morgan fingerprint density at radius 1 is 1.26 bits per heavy atom. The van der Waals surface area contributed by atoms with E-state index in [-0.39, 0.29) is 17.9 Å². The average Bonchev–Trinajstić information content (AvgIpc) is 2.41. The predicted molar refractivity (Wildman–Crippen MR) is 74.9 cm³/mol. The number of nitrogens with one attached hydrogen (secondary N) is 2. The Hall–Kier alpha value is -1.14. The summed E-state index contributed by atoms with van der Waals surface area (Å²) in [6, 6.07) is -0.767. The molecule has 0 fully saturated rings. The quantitative estimate of drug-likeness (QED) is 0.579. The highest BCUT2D eigenvalue weighted by atomic mass is 16.5. The zero-order chi connectivity index (χ0) is 14.8. The van der Waals surface area contributed by atoms with Crippen molar-refractivity contribution < 1.29 is 14.3 Å². The molecule has 0 saturated carbocycles. The van der Waals surface area contributed by atoms with Crippen LogP contribution in [0.5, 0.6) is 0 Å². The van der Waals surface area contributed by atoms with Crippen molar-refractivity contribution in [1.29, 1.82) is 0 Å². The molecule has 0 saturated heterocycles. The summed E-state index contributed by atoms with van der Waals surface area (Å²) in [5, 5.41) is 5.80. The lowest BCUT2D eigenvalue weighted by Crippen LogP contribution is -2.51. The van der Waals surface area contributed by atoms with Crippen LogP contribution in [0.25, 0.3) is 0 Å². The number of carbonyl (C=O) groups excluding carboxylic acids is 2. The fourth-order valence-corrected chi connectivity index (χ4v) is 1.59. The van der Waals surface area contributed by atoms with Gasteiger partial charge >= 0.3 is 0 Å². The first-order valence-electron chi connectivity index (χ1n) is 6.71. The molecule has 0 aliphatic carbocycles. The number of rotatable bonds is 9. The summed E-state index contributed by atoms with van der Waals surface area (Å²) in [6.45, 7) is 7.29. The van der Waals surface area contributed by atoms with Crippen LogP contribution in [0.3, 0.4) is 0 Å². The van der Waals surface area contributed by atoms with Gasteiger partial charge in [-0.3, -0.25) is 14.9 Å². The molecule has 2 N–H and O–H groups in total. The number of carbonyl (C=O) groups is 2. The van der Waals surface area contributed by atoms with Crippen molar-refractivity contribution >= 4 is 11.8 Å². The molecule has 0 heterocycles. The summed E-state index contributed by atoms with van der Waals surface area (Å²) in [6.07, 6.45) is 0.780. The van der Waals surface area contributed by atoms with E-state index in [1.807, 2.05) is 6.92 Å². The number of amides is 2. The first kappa shape index (κ1) is 17.9. The predicted octanol–water partition coefficient (Wildman–Crippen LogP) is -0.0160. The normalized spacial score (nSPS) is 13.7. The van der Waals surface area contributed by atoms with Crippen molar-refractivity contribution in [3.05, 3.63) is 0 Å². The molecule has 112 valence electrons. The van der Waals surface area contributed by atoms with Crippen LogP contribution in [0.2, 0.25) is 0 Å². The van der Waals surface area contributed by atoms with Gasteiger partial charge in [-0.1, -0.05) is 0 Å². The molecule has 2 atom stereocenters. The Bertz CT molecular complexity index is 284. The lowest BCUT2D eigenvalue weighted by atomic mass is 10.2. The summed E-state index contributed by atoms with van der Waals surface area (Å²) in [5.74, 6) is -0.114. The summed E-state index contributed by atoms with van der Waals surface area (Å²) >= 11 is 0. The smallest absolute Gasteiger partial charge is 0.239 e. The molecule has 0 bridgehead atoms. The molecule has 0 aromatic rings. The number of likely N-dealkylation sites (N-methyl/N-ethyl adjacent to an activating group) is 1. The van der Waals surface area contributed by atoms with Crippen LogP contribution in [0.4, 0.5) is 0 Å². The van der Waals surface area contributed by atoms with Crippen molar-refractivity contribution in [2.24, 2.45) is 0 Å². The third-order valence-corrected chi connectivity index (χ3v) is 2.94. The highest BCUT2D eigenvalue weighted by Crippen LogP contribution is 1.94. The number of hydrogen-bond acceptors (Lipinski definition) is 4. The number of hydrogen-bond donors (Lipinski definition) is 2. The molecule has 0 aromatic heterocycles. The molecule has 0 aliphatic rings. The zero-order valence-electron chi connectivity index (χ0n) is 12.7. The minimum atomic E-state index is -0.397. The molecule has 0 rings (SSSR count). The molecule has 6 heteroatoms. The van der Waals surface area contributed by atoms with Gasteiger partial charge in [-0.25, -0.2) is 0 Å². The maximum Gasteiger partial charge on any atom is 0.239 e. The standard InChI is InChI=1S/C13H27N3O3/c1-6-16(4)13(18)11(3)15-10(2)12(17)14-8-7-9-19-5/h10-11,15H,6-9H2,1-5H3,(H,14,17). The monoisotopic (exact) mass is 273 g/mol. The molecule has 2 amide bonds. The van der Waals surface area contributed by atoms with E-state index in [1.54, 1.807) is 32.9 Å². The van der Waals surface area contributed by atoms with Crippen LogP contribution < -0.4 is 10.6 Å². The molecular weight excluding hydrogens is 246 g/mol. The van der Waals surface area contributed by atoms with E-state index in [4.69, 9.17) is 4.74 Å². The Labute approximate surface area is 115 Å². The fourth-order valence-electron chi connectivity index (χ4n) is 1.59. The van der Waals surface area contributed by atoms with E-state index >= 15 is 0 Å². The summed E-state index contributed by atoms with van der Waals surface area (Å²) in [4.78, 5) is 25.2. The molecule has 6 nitrogen and oxygen atoms in total. The minimum absolute atomic E-state index is 0.0125. The summed E-state index contributed by atoms with van der Waals surface area (Å²) in [5.41, 5.74) is 0. The Kier molecular flexibility index (Phi) is 9.16. The Morgan fingerprint density at radius 2 is 1.89 bits per heavy atom. The molecule has 0 spiro atoms. The van der Waals surface area contributed by atoms with Crippen molar-refractivity contribution in [3.63, 3.8) is 0 Å². The van der Waals surface area contributed by atoms with Crippen LogP contribution in [-0.2, 0) is 14.3 Å². The van der Waals surface area contributed by atoms with E-state index in [0.29, 0.717) is 19.7 Å². The largest absolute Gasteiger partial charge is 0.385 e. The van der Waals surface area contributed by atoms with Gasteiger partial charge in [-0.05, 0) is 27.2 Å². The molecule has 0 aromatic carbocycles. The average molecular weight is 273 g/mol. The zero-order valence-corrected chi connectivity index (χ0v) is 12.7. The fraction of sp³-hybridized carbons (Fsp3) is 0.846. The van der Waals surface area contributed by atoms with Gasteiger partial charge in [0.25, 0.3) is 0 Å². The summed E-state index contributed by atoms with van der Waals surface area (Å²) in [7, 11) is 3.37. The van der Waals surface area contributed by atoms with Gasteiger partial charge in [0.15, 0.2) is 0 Å². The number of nitrogens with zero attached hydrogens (tertiary/aromatic N) is 1. The van der Waals surface area contributed by atoms with Gasteiger partial charge in [0.05, 0.1) is 12.1 Å². The van der Waals surface area contributed by atoms with E-state index in [0.717, 1.165) is 6.42 Å².